The van der Waals surface area contributed by atoms with Crippen molar-refractivity contribution in [1.82, 2.24) is 4.90 Å². The number of ether oxygens (including phenoxy) is 1. The third-order valence-electron chi connectivity index (χ3n) is 3.51. The summed E-state index contributed by atoms with van der Waals surface area (Å²) in [5, 5.41) is 3.05. The number of likely N-dealkylation sites (N-methyl/N-ethyl adjacent to an activating group) is 1. The number of piperidine rings is 1. The molecule has 1 unspecified atom stereocenters. The van der Waals surface area contributed by atoms with Gasteiger partial charge in [0, 0.05) is 6.54 Å². The highest BCUT2D eigenvalue weighted by Crippen LogP contribution is 2.28. The molecule has 1 aromatic rings. The van der Waals surface area contributed by atoms with Crippen LogP contribution in [0.1, 0.15) is 12.8 Å². The summed E-state index contributed by atoms with van der Waals surface area (Å²) in [6.07, 6.45) is 1.51. The molecule has 1 saturated heterocycles. The zero-order valence-electron chi connectivity index (χ0n) is 11.3. The Morgan fingerprint density at radius 3 is 2.84 bits per heavy atom. The summed E-state index contributed by atoms with van der Waals surface area (Å²) in [6, 6.07) is 6.37. The van der Waals surface area contributed by atoms with Crippen molar-refractivity contribution >= 4 is 11.7 Å². The number of para-hydroxylation sites is 1. The molecule has 1 fully saturated rings. The Bertz CT molecular complexity index is 467. The molecule has 19 heavy (non-hydrogen) atoms. The second kappa shape index (κ2) is 5.57. The lowest BCUT2D eigenvalue weighted by Crippen LogP contribution is -2.57. The monoisotopic (exact) mass is 266 g/mol. The molecule has 1 aromatic carbocycles. The highest BCUT2D eigenvalue weighted by atomic mass is 19.1. The summed E-state index contributed by atoms with van der Waals surface area (Å²) in [4.78, 5) is 14.2. The van der Waals surface area contributed by atoms with Crippen LogP contribution in [-0.2, 0) is 9.53 Å². The largest absolute Gasteiger partial charge is 0.467 e. The van der Waals surface area contributed by atoms with Gasteiger partial charge in [-0.3, -0.25) is 0 Å². The second-order valence-corrected chi connectivity index (χ2v) is 5.02. The average Bonchev–Trinajstić information content (AvgIpc) is 2.40. The molecule has 0 spiro atoms. The average molecular weight is 266 g/mol. The maximum Gasteiger partial charge on any atom is 0.332 e. The van der Waals surface area contributed by atoms with Crippen LogP contribution in [0.4, 0.5) is 10.1 Å². The Hall–Kier alpha value is -1.62. The molecule has 104 valence electrons. The molecular formula is C14H19FN2O2. The number of likely N-dealkylation sites (tertiary alicyclic amines) is 1. The fourth-order valence-electron chi connectivity index (χ4n) is 2.61. The van der Waals surface area contributed by atoms with Crippen LogP contribution < -0.4 is 5.32 Å². The minimum absolute atomic E-state index is 0.336. The first-order valence-electron chi connectivity index (χ1n) is 6.37. The number of esters is 1. The van der Waals surface area contributed by atoms with Crippen molar-refractivity contribution < 1.29 is 13.9 Å². The lowest BCUT2D eigenvalue weighted by atomic mass is 9.88. The molecule has 0 aliphatic carbocycles. The Labute approximate surface area is 112 Å². The molecule has 4 nitrogen and oxygen atoms in total. The second-order valence-electron chi connectivity index (χ2n) is 5.02. The van der Waals surface area contributed by atoms with Crippen molar-refractivity contribution in [2.24, 2.45) is 0 Å². The number of hydrogen-bond acceptors (Lipinski definition) is 4. The van der Waals surface area contributed by atoms with Crippen molar-refractivity contribution in [1.29, 1.82) is 0 Å². The van der Waals surface area contributed by atoms with E-state index in [1.807, 2.05) is 11.9 Å². The van der Waals surface area contributed by atoms with Crippen molar-refractivity contribution in [2.75, 3.05) is 32.6 Å². The highest BCUT2D eigenvalue weighted by molar-refractivity contribution is 5.85. The van der Waals surface area contributed by atoms with E-state index in [1.54, 1.807) is 18.2 Å². The summed E-state index contributed by atoms with van der Waals surface area (Å²) in [7, 11) is 3.31. The van der Waals surface area contributed by atoms with Crippen LogP contribution in [0.3, 0.4) is 0 Å². The molecule has 1 aliphatic heterocycles. The van der Waals surface area contributed by atoms with Crippen molar-refractivity contribution in [2.45, 2.75) is 18.4 Å². The summed E-state index contributed by atoms with van der Waals surface area (Å²) in [5.74, 6) is -0.707. The molecule has 1 heterocycles. The Morgan fingerprint density at radius 2 is 2.21 bits per heavy atom. The van der Waals surface area contributed by atoms with E-state index in [-0.39, 0.29) is 11.8 Å². The third-order valence-corrected chi connectivity index (χ3v) is 3.51. The van der Waals surface area contributed by atoms with Crippen LogP contribution in [0.5, 0.6) is 0 Å². The van der Waals surface area contributed by atoms with Crippen LogP contribution in [0.15, 0.2) is 24.3 Å². The maximum atomic E-state index is 13.8. The highest BCUT2D eigenvalue weighted by Gasteiger charge is 2.42. The molecule has 5 heteroatoms. The number of benzene rings is 1. The minimum Gasteiger partial charge on any atom is -0.467 e. The quantitative estimate of drug-likeness (QED) is 0.848. The van der Waals surface area contributed by atoms with Crippen molar-refractivity contribution in [3.05, 3.63) is 30.1 Å². The van der Waals surface area contributed by atoms with Crippen LogP contribution >= 0.6 is 0 Å². The zero-order chi connectivity index (χ0) is 13.9. The van der Waals surface area contributed by atoms with Gasteiger partial charge in [-0.1, -0.05) is 12.1 Å². The van der Waals surface area contributed by atoms with E-state index in [4.69, 9.17) is 4.74 Å². The van der Waals surface area contributed by atoms with E-state index in [9.17, 15) is 9.18 Å². The van der Waals surface area contributed by atoms with Gasteiger partial charge in [0.15, 0.2) is 0 Å². The lowest BCUT2D eigenvalue weighted by molar-refractivity contribution is -0.147. The van der Waals surface area contributed by atoms with Gasteiger partial charge in [0.25, 0.3) is 0 Å². The normalized spacial score (nSPS) is 23.9. The minimum atomic E-state index is -0.871. The van der Waals surface area contributed by atoms with E-state index in [1.165, 1.54) is 13.2 Å². The fourth-order valence-corrected chi connectivity index (χ4v) is 2.61. The van der Waals surface area contributed by atoms with Gasteiger partial charge in [0.1, 0.15) is 11.4 Å². The molecular weight excluding hydrogens is 247 g/mol. The molecule has 0 radical (unpaired) electrons. The van der Waals surface area contributed by atoms with Gasteiger partial charge in [-0.25, -0.2) is 9.18 Å². The van der Waals surface area contributed by atoms with Gasteiger partial charge in [0.05, 0.1) is 12.8 Å². The molecule has 0 bridgehead atoms. The fraction of sp³-hybridized carbons (Fsp3) is 0.500. The van der Waals surface area contributed by atoms with E-state index in [0.29, 0.717) is 18.7 Å². The predicted octanol–water partition coefficient (Wildman–Crippen LogP) is 1.87. The number of hydrogen-bond donors (Lipinski definition) is 1. The number of nitrogens with zero attached hydrogens (tertiary/aromatic N) is 1. The van der Waals surface area contributed by atoms with E-state index in [0.717, 1.165) is 13.0 Å². The number of methoxy groups -OCH3 is 1. The van der Waals surface area contributed by atoms with Gasteiger partial charge in [-0.05, 0) is 38.6 Å². The molecule has 0 saturated carbocycles. The number of nitrogens with one attached hydrogen (secondary N) is 1. The van der Waals surface area contributed by atoms with Crippen molar-refractivity contribution in [3.8, 4) is 0 Å². The summed E-state index contributed by atoms with van der Waals surface area (Å²) in [5.41, 5.74) is -0.535. The van der Waals surface area contributed by atoms with Crippen LogP contribution in [0.2, 0.25) is 0 Å². The summed E-state index contributed by atoms with van der Waals surface area (Å²) in [6.45, 7) is 1.44. The zero-order valence-corrected chi connectivity index (χ0v) is 11.3. The first-order chi connectivity index (χ1) is 9.07. The van der Waals surface area contributed by atoms with E-state index >= 15 is 0 Å². The van der Waals surface area contributed by atoms with Crippen LogP contribution in [-0.4, -0.2) is 43.7 Å². The van der Waals surface area contributed by atoms with E-state index in [2.05, 4.69) is 5.32 Å². The van der Waals surface area contributed by atoms with Crippen molar-refractivity contribution in [3.63, 3.8) is 0 Å². The van der Waals surface area contributed by atoms with Gasteiger partial charge in [-0.2, -0.15) is 0 Å². The van der Waals surface area contributed by atoms with Gasteiger partial charge in [0.2, 0.25) is 0 Å². The summed E-state index contributed by atoms with van der Waals surface area (Å²) < 4.78 is 18.7. The number of carbonyl (C=O) groups excluding carboxylic acids is 1. The van der Waals surface area contributed by atoms with Crippen LogP contribution in [0, 0.1) is 5.82 Å². The third kappa shape index (κ3) is 2.87. The van der Waals surface area contributed by atoms with E-state index < -0.39 is 5.54 Å². The molecule has 1 atom stereocenters. The molecule has 0 amide bonds. The van der Waals surface area contributed by atoms with Gasteiger partial charge >= 0.3 is 5.97 Å². The smallest absolute Gasteiger partial charge is 0.332 e. The number of halogens is 1. The number of carbonyl (C=O) groups is 1. The standard InChI is InChI=1S/C14H19FN2O2/c1-17-9-5-8-14(10-17,13(18)19-2)16-12-7-4-3-6-11(12)15/h3-4,6-7,16H,5,8-10H2,1-2H3. The SMILES string of the molecule is COC(=O)C1(Nc2ccccc2F)CCCN(C)C1. The topological polar surface area (TPSA) is 41.6 Å². The Balaban J connectivity index is 2.28. The van der Waals surface area contributed by atoms with Crippen LogP contribution in [0.25, 0.3) is 0 Å². The summed E-state index contributed by atoms with van der Waals surface area (Å²) >= 11 is 0. The number of anilines is 1. The van der Waals surface area contributed by atoms with Gasteiger partial charge in [-0.15, -0.1) is 0 Å². The Morgan fingerprint density at radius 1 is 1.47 bits per heavy atom. The predicted molar refractivity (Wildman–Crippen MR) is 71.5 cm³/mol. The number of rotatable bonds is 3. The lowest BCUT2D eigenvalue weighted by Gasteiger charge is -2.40. The first kappa shape index (κ1) is 13.8. The Kier molecular flexibility index (Phi) is 4.04. The molecule has 0 aromatic heterocycles. The van der Waals surface area contributed by atoms with Gasteiger partial charge < -0.3 is 15.0 Å². The maximum absolute atomic E-state index is 13.8. The molecule has 1 aliphatic rings. The molecule has 2 rings (SSSR count). The molecule has 1 N–H and O–H groups in total. The first-order valence-corrected chi connectivity index (χ1v) is 6.37.